The van der Waals surface area contributed by atoms with E-state index >= 15 is 0 Å². The molecule has 0 saturated carbocycles. The quantitative estimate of drug-likeness (QED) is 0.235. The van der Waals surface area contributed by atoms with E-state index in [1.807, 2.05) is 0 Å². The van der Waals surface area contributed by atoms with Gasteiger partial charge in [0.15, 0.2) is 5.01 Å². The maximum atomic E-state index is 14.1. The molecule has 3 heterocycles. The van der Waals surface area contributed by atoms with Crippen LogP contribution in [0, 0.1) is 5.41 Å². The van der Waals surface area contributed by atoms with Crippen LogP contribution >= 0.6 is 44.8 Å². The molecule has 3 aromatic rings. The largest absolute Gasteiger partial charge is 0.481 e. The number of rotatable bonds is 8. The minimum absolute atomic E-state index is 0.0316. The summed E-state index contributed by atoms with van der Waals surface area (Å²) in [6.45, 7) is 2.78. The van der Waals surface area contributed by atoms with E-state index in [0.717, 1.165) is 17.4 Å². The molecule has 1 unspecified atom stereocenters. The highest BCUT2D eigenvalue weighted by molar-refractivity contribution is 8.29. The average molecular weight is 664 g/mol. The molecule has 1 fully saturated rings. The fourth-order valence-corrected chi connectivity index (χ4v) is 7.21. The van der Waals surface area contributed by atoms with Crippen LogP contribution in [0.4, 0.5) is 22.0 Å². The van der Waals surface area contributed by atoms with Crippen LogP contribution in [0.3, 0.4) is 0 Å². The van der Waals surface area contributed by atoms with Crippen LogP contribution in [0.5, 0.6) is 0 Å². The number of hydrogen-bond acceptors (Lipinski definition) is 8. The minimum atomic E-state index is -4.96. The predicted molar refractivity (Wildman–Crippen MR) is 146 cm³/mol. The Kier molecular flexibility index (Phi) is 8.73. The molecule has 0 amide bonds. The molecule has 1 aliphatic rings. The van der Waals surface area contributed by atoms with E-state index in [0.29, 0.717) is 17.7 Å². The number of carboxylic acids is 1. The summed E-state index contributed by atoms with van der Waals surface area (Å²) in [5, 5.41) is 16.6. The molecule has 17 heteroatoms. The maximum absolute atomic E-state index is 14.1. The second kappa shape index (κ2) is 11.2. The summed E-state index contributed by atoms with van der Waals surface area (Å²) in [4.78, 5) is 17.2. The van der Waals surface area contributed by atoms with Crippen LogP contribution in [0.25, 0.3) is 21.3 Å². The zero-order valence-corrected chi connectivity index (χ0v) is 25.0. The fourth-order valence-electron chi connectivity index (χ4n) is 4.16. The third kappa shape index (κ3) is 6.64. The first-order valence-electron chi connectivity index (χ1n) is 12.0. The Balaban J connectivity index is 1.78. The van der Waals surface area contributed by atoms with Gasteiger partial charge < -0.3 is 14.1 Å². The van der Waals surface area contributed by atoms with Crippen molar-refractivity contribution < 1.29 is 40.8 Å². The molecule has 0 radical (unpaired) electrons. The highest BCUT2D eigenvalue weighted by Crippen LogP contribution is 2.64. The van der Waals surface area contributed by atoms with Crippen LogP contribution in [0.2, 0.25) is 10.0 Å². The second-order valence-corrected chi connectivity index (χ2v) is 14.8. The van der Waals surface area contributed by atoms with E-state index in [9.17, 15) is 36.4 Å². The lowest BCUT2D eigenvalue weighted by Gasteiger charge is -2.33. The van der Waals surface area contributed by atoms with Crippen molar-refractivity contribution in [2.45, 2.75) is 56.0 Å². The molecule has 0 aliphatic carbocycles. The summed E-state index contributed by atoms with van der Waals surface area (Å²) in [6, 6.07) is 2.29. The van der Waals surface area contributed by atoms with Gasteiger partial charge in [-0.3, -0.25) is 9.69 Å². The third-order valence-corrected chi connectivity index (χ3v) is 10.7. The maximum Gasteiger partial charge on any atom is 0.450 e. The number of alkyl halides is 5. The number of benzene rings is 1. The summed E-state index contributed by atoms with van der Waals surface area (Å²) < 4.78 is 84.8. The van der Waals surface area contributed by atoms with Crippen molar-refractivity contribution in [3.8, 4) is 21.3 Å². The topological polar surface area (TPSA) is 113 Å². The van der Waals surface area contributed by atoms with Crippen molar-refractivity contribution in [3.05, 3.63) is 33.8 Å². The summed E-state index contributed by atoms with van der Waals surface area (Å²) >= 11 is 13.7. The molecule has 1 aromatic carbocycles. The van der Waals surface area contributed by atoms with E-state index in [-0.39, 0.29) is 58.9 Å². The van der Waals surface area contributed by atoms with Crippen molar-refractivity contribution in [2.24, 2.45) is 5.41 Å². The summed E-state index contributed by atoms with van der Waals surface area (Å²) in [7, 11) is -4.33. The van der Waals surface area contributed by atoms with Gasteiger partial charge in [-0.05, 0) is 49.4 Å². The van der Waals surface area contributed by atoms with E-state index < -0.39 is 49.6 Å². The Morgan fingerprint density at radius 3 is 2.51 bits per heavy atom. The van der Waals surface area contributed by atoms with Crippen LogP contribution < -0.4 is 0 Å². The number of carbonyl (C=O) groups is 1. The Labute approximate surface area is 247 Å². The Hall–Kier alpha value is -2.04. The number of thiazole rings is 1. The number of likely N-dealkylation sites (tertiary alicyclic amines) is 1. The van der Waals surface area contributed by atoms with Gasteiger partial charge in [0, 0.05) is 29.8 Å². The average Bonchev–Trinajstić information content (AvgIpc) is 3.46. The monoisotopic (exact) mass is 662 g/mol. The highest BCUT2D eigenvalue weighted by Gasteiger charge is 2.48. The van der Waals surface area contributed by atoms with Gasteiger partial charge in [0.1, 0.15) is 0 Å². The lowest BCUT2D eigenvalue weighted by atomic mass is 9.90. The van der Waals surface area contributed by atoms with Gasteiger partial charge >= 0.3 is 11.5 Å². The molecule has 0 spiro atoms. The Bertz CT molecular complexity index is 1460. The van der Waals surface area contributed by atoms with Gasteiger partial charge in [-0.25, -0.2) is 13.8 Å². The zero-order chi connectivity index (χ0) is 30.5. The SMILES string of the molecule is CC(C)(Cc1nnc(-c2nc(CN3CCCC(F)(F)C3)c(-c3ccc(S(C)(O)C(F)(F)F)c(Cl)c3Cl)s2)o1)C(=O)O. The first-order valence-corrected chi connectivity index (χ1v) is 15.6. The van der Waals surface area contributed by atoms with Gasteiger partial charge in [0.25, 0.3) is 11.8 Å². The first kappa shape index (κ1) is 31.9. The molecule has 1 saturated heterocycles. The fraction of sp³-hybridized carbons (Fsp3) is 0.500. The van der Waals surface area contributed by atoms with Gasteiger partial charge in [0.2, 0.25) is 5.89 Å². The summed E-state index contributed by atoms with van der Waals surface area (Å²) in [5.41, 5.74) is -5.72. The Morgan fingerprint density at radius 2 is 1.90 bits per heavy atom. The van der Waals surface area contributed by atoms with Gasteiger partial charge in [-0.1, -0.05) is 29.3 Å². The van der Waals surface area contributed by atoms with Crippen molar-refractivity contribution in [3.63, 3.8) is 0 Å². The molecule has 226 valence electrons. The van der Waals surface area contributed by atoms with Crippen molar-refractivity contribution >= 4 is 50.8 Å². The van der Waals surface area contributed by atoms with Crippen LogP contribution in [0.1, 0.15) is 38.3 Å². The minimum Gasteiger partial charge on any atom is -0.481 e. The van der Waals surface area contributed by atoms with Crippen molar-refractivity contribution in [2.75, 3.05) is 19.3 Å². The molecule has 2 aromatic heterocycles. The molecule has 2 N–H and O–H groups in total. The molecule has 0 bridgehead atoms. The molecule has 1 atom stereocenters. The lowest BCUT2D eigenvalue weighted by Crippen LogP contribution is -2.42. The molecular formula is C24H25Cl2F5N4O4S2. The van der Waals surface area contributed by atoms with E-state index in [4.69, 9.17) is 27.6 Å². The van der Waals surface area contributed by atoms with Crippen LogP contribution in [0.15, 0.2) is 21.4 Å². The molecule has 8 nitrogen and oxygen atoms in total. The highest BCUT2D eigenvalue weighted by atomic mass is 35.5. The summed E-state index contributed by atoms with van der Waals surface area (Å²) in [6.07, 6.45) is 0.562. The number of carboxylic acid groups (broad SMARTS) is 1. The number of nitrogens with zero attached hydrogens (tertiary/aromatic N) is 4. The number of aromatic nitrogens is 3. The van der Waals surface area contributed by atoms with Gasteiger partial charge in [0.05, 0.1) is 32.6 Å². The number of hydrogen-bond donors (Lipinski definition) is 2. The van der Waals surface area contributed by atoms with E-state index in [1.165, 1.54) is 24.8 Å². The third-order valence-electron chi connectivity index (χ3n) is 6.53. The van der Waals surface area contributed by atoms with Crippen LogP contribution in [-0.2, 0) is 17.8 Å². The first-order chi connectivity index (χ1) is 18.8. The van der Waals surface area contributed by atoms with E-state index in [2.05, 4.69) is 15.2 Å². The van der Waals surface area contributed by atoms with Crippen LogP contribution in [-0.4, -0.2) is 66.5 Å². The summed E-state index contributed by atoms with van der Waals surface area (Å²) in [5.74, 6) is -4.00. The smallest absolute Gasteiger partial charge is 0.450 e. The molecule has 4 rings (SSSR count). The molecule has 1 aliphatic heterocycles. The Morgan fingerprint density at radius 1 is 1.22 bits per heavy atom. The standard InChI is InChI=1S/C24H25Cl2F5N4O4S2/c1-22(2,21(36)37)9-15-33-34-19(39-15)20-32-13(10-35-8-4-7-23(27,28)11-35)18(40-20)12-5-6-14(17(26)16(12)25)41(3,38)24(29,30)31/h5-6,38H,4,7-11H2,1-3H3,(H,36,37). The van der Waals surface area contributed by atoms with Gasteiger partial charge in [-0.2, -0.15) is 13.2 Å². The van der Waals surface area contributed by atoms with Crippen molar-refractivity contribution in [1.82, 2.24) is 20.1 Å². The predicted octanol–water partition coefficient (Wildman–Crippen LogP) is 7.84. The number of piperidine rings is 1. The molecule has 41 heavy (non-hydrogen) atoms. The van der Waals surface area contributed by atoms with Gasteiger partial charge in [-0.15, -0.1) is 21.5 Å². The number of halogens is 7. The molecular weight excluding hydrogens is 638 g/mol. The van der Waals surface area contributed by atoms with Crippen molar-refractivity contribution in [1.29, 1.82) is 0 Å². The second-order valence-electron chi connectivity index (χ2n) is 10.4. The number of aliphatic carboxylic acids is 1. The van der Waals surface area contributed by atoms with E-state index in [1.54, 1.807) is 0 Å². The zero-order valence-electron chi connectivity index (χ0n) is 21.9. The lowest BCUT2D eigenvalue weighted by molar-refractivity contribution is -0.147. The normalized spacial score (nSPS) is 18.7.